The first-order valence-corrected chi connectivity index (χ1v) is 8.85. The molecule has 132 valence electrons. The third-order valence-corrected chi connectivity index (χ3v) is 5.18. The fourth-order valence-electron chi connectivity index (χ4n) is 3.62. The number of fused-ring (bicyclic) bond motifs is 1. The van der Waals surface area contributed by atoms with Crippen LogP contribution in [0, 0.1) is 6.92 Å². The van der Waals surface area contributed by atoms with E-state index in [2.05, 4.69) is 23.9 Å². The van der Waals surface area contributed by atoms with Crippen molar-refractivity contribution in [3.63, 3.8) is 0 Å². The molecule has 0 aliphatic carbocycles. The first-order chi connectivity index (χ1) is 12.4. The Kier molecular flexibility index (Phi) is 3.84. The van der Waals surface area contributed by atoms with Gasteiger partial charge in [-0.3, -0.25) is 4.79 Å². The van der Waals surface area contributed by atoms with Crippen molar-refractivity contribution in [2.45, 2.75) is 26.2 Å². The Labute approximate surface area is 157 Å². The molecule has 0 unspecified atom stereocenters. The zero-order valence-corrected chi connectivity index (χ0v) is 15.7. The van der Waals surface area contributed by atoms with Gasteiger partial charge < -0.3 is 4.90 Å². The number of hydrogen-bond donors (Lipinski definition) is 0. The van der Waals surface area contributed by atoms with Crippen molar-refractivity contribution in [3.05, 3.63) is 70.6 Å². The zero-order valence-electron chi connectivity index (χ0n) is 14.9. The Morgan fingerprint density at radius 1 is 1.19 bits per heavy atom. The number of benzene rings is 1. The van der Waals surface area contributed by atoms with Crippen LogP contribution in [0.15, 0.2) is 48.8 Å². The standard InChI is InChI=1S/C20H19ClN4O/c1-13-14(11-23-25(13)17-9-4-5-10-22-17)19(26)24-12-20(2,3)18-15(21)7-6-8-16(18)24/h4-11H,12H2,1-3H3. The van der Waals surface area contributed by atoms with Crippen molar-refractivity contribution in [2.24, 2.45) is 0 Å². The van der Waals surface area contributed by atoms with Gasteiger partial charge in [-0.15, -0.1) is 0 Å². The van der Waals surface area contributed by atoms with Gasteiger partial charge in [0.1, 0.15) is 0 Å². The molecule has 0 N–H and O–H groups in total. The number of carbonyl (C=O) groups excluding carboxylic acids is 1. The molecule has 1 aliphatic rings. The maximum Gasteiger partial charge on any atom is 0.261 e. The largest absolute Gasteiger partial charge is 0.307 e. The normalized spacial score (nSPS) is 15.2. The van der Waals surface area contributed by atoms with E-state index < -0.39 is 0 Å². The van der Waals surface area contributed by atoms with E-state index in [1.165, 1.54) is 0 Å². The number of aromatic nitrogens is 3. The highest BCUT2D eigenvalue weighted by Crippen LogP contribution is 2.44. The fourth-order valence-corrected chi connectivity index (χ4v) is 4.05. The summed E-state index contributed by atoms with van der Waals surface area (Å²) >= 11 is 6.42. The monoisotopic (exact) mass is 366 g/mol. The highest BCUT2D eigenvalue weighted by atomic mass is 35.5. The van der Waals surface area contributed by atoms with Crippen LogP contribution in [-0.4, -0.2) is 27.2 Å². The molecule has 3 heterocycles. The summed E-state index contributed by atoms with van der Waals surface area (Å²) in [6.45, 7) is 6.68. The number of carbonyl (C=O) groups is 1. The van der Waals surface area contributed by atoms with Gasteiger partial charge >= 0.3 is 0 Å². The highest BCUT2D eigenvalue weighted by Gasteiger charge is 2.40. The first kappa shape index (κ1) is 16.8. The SMILES string of the molecule is Cc1c(C(=O)N2CC(C)(C)c3c(Cl)cccc32)cnn1-c1ccccn1. The topological polar surface area (TPSA) is 51.0 Å². The molecule has 26 heavy (non-hydrogen) atoms. The number of rotatable bonds is 2. The lowest BCUT2D eigenvalue weighted by Gasteiger charge is -2.21. The smallest absolute Gasteiger partial charge is 0.261 e. The lowest BCUT2D eigenvalue weighted by atomic mass is 9.87. The minimum Gasteiger partial charge on any atom is -0.307 e. The molecule has 6 heteroatoms. The van der Waals surface area contributed by atoms with Gasteiger partial charge in [0, 0.05) is 34.4 Å². The van der Waals surface area contributed by atoms with Gasteiger partial charge in [0.05, 0.1) is 17.5 Å². The van der Waals surface area contributed by atoms with Gasteiger partial charge in [0.15, 0.2) is 5.82 Å². The highest BCUT2D eigenvalue weighted by molar-refractivity contribution is 6.32. The summed E-state index contributed by atoms with van der Waals surface area (Å²) in [6, 6.07) is 11.3. The maximum absolute atomic E-state index is 13.3. The second-order valence-corrected chi connectivity index (χ2v) is 7.56. The summed E-state index contributed by atoms with van der Waals surface area (Å²) in [5, 5.41) is 5.07. The molecule has 2 aromatic heterocycles. The lowest BCUT2D eigenvalue weighted by Crippen LogP contribution is -2.34. The molecule has 0 spiro atoms. The summed E-state index contributed by atoms with van der Waals surface area (Å²) in [5.74, 6) is 0.619. The summed E-state index contributed by atoms with van der Waals surface area (Å²) in [7, 11) is 0. The van der Waals surface area contributed by atoms with Crippen LogP contribution in [0.1, 0.15) is 35.5 Å². The molecule has 0 radical (unpaired) electrons. The molecule has 1 aliphatic heterocycles. The van der Waals surface area contributed by atoms with Crippen LogP contribution in [-0.2, 0) is 5.41 Å². The Morgan fingerprint density at radius 2 is 2.00 bits per heavy atom. The first-order valence-electron chi connectivity index (χ1n) is 8.47. The van der Waals surface area contributed by atoms with Crippen molar-refractivity contribution in [1.29, 1.82) is 0 Å². The van der Waals surface area contributed by atoms with E-state index in [-0.39, 0.29) is 11.3 Å². The predicted molar refractivity (Wildman–Crippen MR) is 102 cm³/mol. The molecule has 1 amide bonds. The molecule has 5 nitrogen and oxygen atoms in total. The van der Waals surface area contributed by atoms with Crippen LogP contribution < -0.4 is 4.90 Å². The molecule has 3 aromatic rings. The summed E-state index contributed by atoms with van der Waals surface area (Å²) in [5.41, 5.74) is 3.03. The number of hydrogen-bond acceptors (Lipinski definition) is 3. The van der Waals surface area contributed by atoms with Gasteiger partial charge in [0.25, 0.3) is 5.91 Å². The van der Waals surface area contributed by atoms with E-state index in [0.717, 1.165) is 16.9 Å². The number of nitrogens with zero attached hydrogens (tertiary/aromatic N) is 4. The van der Waals surface area contributed by atoms with Crippen LogP contribution in [0.4, 0.5) is 5.69 Å². The van der Waals surface area contributed by atoms with E-state index in [0.29, 0.717) is 22.9 Å². The number of pyridine rings is 1. The Bertz CT molecular complexity index is 994. The van der Waals surface area contributed by atoms with Crippen molar-refractivity contribution in [1.82, 2.24) is 14.8 Å². The van der Waals surface area contributed by atoms with Gasteiger partial charge in [0.2, 0.25) is 0 Å². The van der Waals surface area contributed by atoms with Crippen molar-refractivity contribution >= 4 is 23.2 Å². The van der Waals surface area contributed by atoms with Crippen LogP contribution in [0.25, 0.3) is 5.82 Å². The predicted octanol–water partition coefficient (Wildman–Crippen LogP) is 4.17. The van der Waals surface area contributed by atoms with Crippen LogP contribution in [0.2, 0.25) is 5.02 Å². The third kappa shape index (κ3) is 2.51. The third-order valence-electron chi connectivity index (χ3n) is 4.86. The quantitative estimate of drug-likeness (QED) is 0.684. The number of halogens is 1. The van der Waals surface area contributed by atoms with Crippen LogP contribution in [0.3, 0.4) is 0 Å². The molecular formula is C20H19ClN4O. The van der Waals surface area contributed by atoms with Crippen LogP contribution in [0.5, 0.6) is 0 Å². The Morgan fingerprint density at radius 3 is 2.73 bits per heavy atom. The summed E-state index contributed by atoms with van der Waals surface area (Å²) < 4.78 is 1.69. The van der Waals surface area contributed by atoms with Crippen molar-refractivity contribution in [3.8, 4) is 5.82 Å². The van der Waals surface area contributed by atoms with E-state index in [4.69, 9.17) is 11.6 Å². The van der Waals surface area contributed by atoms with E-state index in [9.17, 15) is 4.79 Å². The summed E-state index contributed by atoms with van der Waals surface area (Å²) in [6.07, 6.45) is 3.32. The van der Waals surface area contributed by atoms with Crippen LogP contribution >= 0.6 is 11.6 Å². The fraction of sp³-hybridized carbons (Fsp3) is 0.250. The van der Waals surface area contributed by atoms with Gasteiger partial charge in [-0.1, -0.05) is 37.6 Å². The molecule has 0 bridgehead atoms. The molecule has 0 saturated heterocycles. The molecule has 4 rings (SSSR count). The Balaban J connectivity index is 1.75. The molecular weight excluding hydrogens is 348 g/mol. The zero-order chi connectivity index (χ0) is 18.5. The molecule has 0 saturated carbocycles. The van der Waals surface area contributed by atoms with Gasteiger partial charge in [-0.05, 0) is 31.2 Å². The maximum atomic E-state index is 13.3. The van der Waals surface area contributed by atoms with Gasteiger partial charge in [-0.2, -0.15) is 5.10 Å². The van der Waals surface area contributed by atoms with Crippen molar-refractivity contribution < 1.29 is 4.79 Å². The van der Waals surface area contributed by atoms with Crippen molar-refractivity contribution in [2.75, 3.05) is 11.4 Å². The van der Waals surface area contributed by atoms with E-state index in [1.807, 2.05) is 43.3 Å². The molecule has 0 atom stereocenters. The second kappa shape index (κ2) is 5.95. The number of anilines is 1. The van der Waals surface area contributed by atoms with E-state index >= 15 is 0 Å². The minimum atomic E-state index is -0.200. The Hall–Kier alpha value is -2.66. The second-order valence-electron chi connectivity index (χ2n) is 7.15. The molecule has 1 aromatic carbocycles. The average Bonchev–Trinajstić information content (AvgIpc) is 3.13. The lowest BCUT2D eigenvalue weighted by molar-refractivity contribution is 0.0985. The van der Waals surface area contributed by atoms with E-state index in [1.54, 1.807) is 22.0 Å². The van der Waals surface area contributed by atoms with Gasteiger partial charge in [-0.25, -0.2) is 9.67 Å². The average molecular weight is 367 g/mol. The summed E-state index contributed by atoms with van der Waals surface area (Å²) in [4.78, 5) is 19.4. The number of amides is 1. The minimum absolute atomic E-state index is 0.0706. The molecule has 0 fully saturated rings.